The molecule has 28 heavy (non-hydrogen) atoms. The summed E-state index contributed by atoms with van der Waals surface area (Å²) >= 11 is 3.52. The molecule has 0 bridgehead atoms. The molecule has 0 aliphatic carbocycles. The van der Waals surface area contributed by atoms with Crippen LogP contribution in [0.1, 0.15) is 0 Å². The summed E-state index contributed by atoms with van der Waals surface area (Å²) in [5.41, 5.74) is 2.21. The smallest absolute Gasteiger partial charge is 0.432 e. The van der Waals surface area contributed by atoms with Gasteiger partial charge in [-0.25, -0.2) is 9.63 Å². The lowest BCUT2D eigenvalue weighted by Crippen LogP contribution is -2.36. The van der Waals surface area contributed by atoms with Gasteiger partial charge < -0.3 is 19.7 Å². The van der Waals surface area contributed by atoms with Crippen molar-refractivity contribution in [1.29, 1.82) is 0 Å². The van der Waals surface area contributed by atoms with E-state index in [1.54, 1.807) is 17.3 Å². The molecule has 2 heterocycles. The summed E-state index contributed by atoms with van der Waals surface area (Å²) in [5, 5.41) is 19.4. The monoisotopic (exact) mass is 456 g/mol. The highest BCUT2D eigenvalue weighted by Crippen LogP contribution is 2.29. The average molecular weight is 457 g/mol. The summed E-state index contributed by atoms with van der Waals surface area (Å²) < 4.78 is 10.5. The normalized spacial score (nSPS) is 13.7. The SMILES string of the molecule is O=C(OCCON(O)O)OCN1CCN=C1Nc1ccc2nccnc2c1Br. The van der Waals surface area contributed by atoms with Gasteiger partial charge in [-0.05, 0) is 28.1 Å². The molecule has 1 aliphatic heterocycles. The third-order valence-electron chi connectivity index (χ3n) is 3.60. The zero-order valence-electron chi connectivity index (χ0n) is 14.5. The van der Waals surface area contributed by atoms with Crippen LogP contribution in [-0.2, 0) is 14.3 Å². The number of hydrogen-bond donors (Lipinski definition) is 3. The summed E-state index contributed by atoms with van der Waals surface area (Å²) in [5.74, 6) is 0.538. The molecule has 13 heteroatoms. The number of fused-ring (bicyclic) bond motifs is 1. The predicted molar refractivity (Wildman–Crippen MR) is 98.5 cm³/mol. The van der Waals surface area contributed by atoms with Crippen LogP contribution >= 0.6 is 15.9 Å². The molecule has 0 atom stereocenters. The van der Waals surface area contributed by atoms with Crippen LogP contribution in [0, 0.1) is 0 Å². The molecule has 0 radical (unpaired) electrons. The molecule has 1 aliphatic rings. The number of anilines is 1. The second kappa shape index (κ2) is 9.57. The fraction of sp³-hybridized carbons (Fsp3) is 0.333. The van der Waals surface area contributed by atoms with Crippen LogP contribution in [0.15, 0.2) is 34.0 Å². The number of rotatable bonds is 7. The van der Waals surface area contributed by atoms with Crippen molar-refractivity contribution in [2.75, 3.05) is 38.4 Å². The first-order chi connectivity index (χ1) is 13.5. The molecule has 0 unspecified atom stereocenters. The average Bonchev–Trinajstić information content (AvgIpc) is 3.13. The number of ether oxygens (including phenoxy) is 2. The van der Waals surface area contributed by atoms with E-state index in [2.05, 4.69) is 41.0 Å². The lowest BCUT2D eigenvalue weighted by Gasteiger charge is -2.21. The molecule has 2 aromatic rings. The number of benzene rings is 1. The van der Waals surface area contributed by atoms with Crippen LogP contribution in [0.25, 0.3) is 11.0 Å². The van der Waals surface area contributed by atoms with Gasteiger partial charge in [-0.1, -0.05) is 0 Å². The van der Waals surface area contributed by atoms with Gasteiger partial charge in [-0.3, -0.25) is 25.4 Å². The summed E-state index contributed by atoms with van der Waals surface area (Å²) in [6.45, 7) is 0.596. The summed E-state index contributed by atoms with van der Waals surface area (Å²) in [6.07, 6.45) is 2.32. The highest BCUT2D eigenvalue weighted by molar-refractivity contribution is 9.10. The minimum absolute atomic E-state index is 0.0668. The summed E-state index contributed by atoms with van der Waals surface area (Å²) in [7, 11) is 0. The van der Waals surface area contributed by atoms with Crippen molar-refractivity contribution in [3.8, 4) is 0 Å². The molecule has 12 nitrogen and oxygen atoms in total. The molecule has 3 rings (SSSR count). The van der Waals surface area contributed by atoms with E-state index in [1.807, 2.05) is 12.1 Å². The van der Waals surface area contributed by atoms with Crippen LogP contribution < -0.4 is 5.32 Å². The topological polar surface area (TPSA) is 142 Å². The largest absolute Gasteiger partial charge is 0.510 e. The molecule has 0 saturated carbocycles. The molecule has 1 aromatic carbocycles. The third kappa shape index (κ3) is 5.24. The zero-order chi connectivity index (χ0) is 19.9. The van der Waals surface area contributed by atoms with Crippen LogP contribution in [0.5, 0.6) is 0 Å². The molecule has 0 amide bonds. The molecule has 3 N–H and O–H groups in total. The number of carbonyl (C=O) groups is 1. The van der Waals surface area contributed by atoms with E-state index in [-0.39, 0.29) is 19.9 Å². The Morgan fingerprint density at radius 3 is 2.89 bits per heavy atom. The van der Waals surface area contributed by atoms with E-state index in [0.717, 1.165) is 15.7 Å². The number of nitrogens with one attached hydrogen (secondary N) is 1. The first-order valence-electron chi connectivity index (χ1n) is 8.10. The second-order valence-electron chi connectivity index (χ2n) is 5.40. The predicted octanol–water partition coefficient (Wildman–Crippen LogP) is 1.60. The number of halogens is 1. The van der Waals surface area contributed by atoms with Crippen molar-refractivity contribution >= 4 is 44.8 Å². The van der Waals surface area contributed by atoms with E-state index in [9.17, 15) is 4.79 Å². The molecular weight excluding hydrogens is 440 g/mol. The van der Waals surface area contributed by atoms with Crippen LogP contribution in [0.2, 0.25) is 0 Å². The lowest BCUT2D eigenvalue weighted by atomic mass is 10.2. The van der Waals surface area contributed by atoms with Gasteiger partial charge in [0.15, 0.2) is 6.73 Å². The maximum Gasteiger partial charge on any atom is 0.510 e. The van der Waals surface area contributed by atoms with Crippen molar-refractivity contribution in [3.63, 3.8) is 0 Å². The van der Waals surface area contributed by atoms with Crippen LogP contribution in [0.3, 0.4) is 0 Å². The van der Waals surface area contributed by atoms with E-state index >= 15 is 0 Å². The fourth-order valence-electron chi connectivity index (χ4n) is 2.36. The Bertz CT molecular complexity index is 866. The Labute approximate surface area is 167 Å². The highest BCUT2D eigenvalue weighted by Gasteiger charge is 2.20. The zero-order valence-corrected chi connectivity index (χ0v) is 16.1. The first-order valence-corrected chi connectivity index (χ1v) is 8.90. The number of nitrogens with zero attached hydrogens (tertiary/aromatic N) is 5. The number of guanidine groups is 1. The van der Waals surface area contributed by atoms with Gasteiger partial charge in [0, 0.05) is 18.9 Å². The number of aliphatic imine (C=N–C) groups is 1. The van der Waals surface area contributed by atoms with Crippen molar-refractivity contribution in [3.05, 3.63) is 29.0 Å². The van der Waals surface area contributed by atoms with Gasteiger partial charge in [-0.15, -0.1) is 0 Å². The van der Waals surface area contributed by atoms with Gasteiger partial charge >= 0.3 is 6.16 Å². The molecule has 0 spiro atoms. The first kappa shape index (κ1) is 20.2. The van der Waals surface area contributed by atoms with Gasteiger partial charge in [0.1, 0.15) is 18.7 Å². The quantitative estimate of drug-likeness (QED) is 0.317. The highest BCUT2D eigenvalue weighted by atomic mass is 79.9. The van der Waals surface area contributed by atoms with E-state index < -0.39 is 11.5 Å². The fourth-order valence-corrected chi connectivity index (χ4v) is 2.90. The summed E-state index contributed by atoms with van der Waals surface area (Å²) in [6, 6.07) is 3.69. The van der Waals surface area contributed by atoms with Gasteiger partial charge in [-0.2, -0.15) is 0 Å². The number of carbonyl (C=O) groups excluding carboxylic acids is 1. The van der Waals surface area contributed by atoms with E-state index in [4.69, 9.17) is 19.9 Å². The molecule has 0 saturated heterocycles. The number of hydrogen-bond acceptors (Lipinski definition) is 12. The van der Waals surface area contributed by atoms with Crippen LogP contribution in [-0.4, -0.2) is 75.8 Å². The number of aromatic nitrogens is 2. The Hall–Kier alpha value is -2.58. The molecule has 150 valence electrons. The van der Waals surface area contributed by atoms with Crippen molar-refractivity contribution in [2.45, 2.75) is 0 Å². The standard InChI is InChI=1S/C15H17BrN6O6/c16-12-10(1-2-11-13(12)18-4-3-17-11)20-14-19-5-6-21(14)9-27-15(23)26-7-8-28-22(24)25/h1-4,24-25H,5-9H2,(H,19,20). The molecular formula is C15H17BrN6O6. The van der Waals surface area contributed by atoms with E-state index in [1.165, 1.54) is 0 Å². The molecule has 0 fully saturated rings. The van der Waals surface area contributed by atoms with Crippen LogP contribution in [0.4, 0.5) is 10.5 Å². The Balaban J connectivity index is 1.52. The maximum absolute atomic E-state index is 11.6. The van der Waals surface area contributed by atoms with Crippen molar-refractivity contribution in [2.24, 2.45) is 4.99 Å². The van der Waals surface area contributed by atoms with Gasteiger partial charge in [0.05, 0.1) is 27.6 Å². The summed E-state index contributed by atoms with van der Waals surface area (Å²) in [4.78, 5) is 30.5. The Morgan fingerprint density at radius 2 is 2.07 bits per heavy atom. The maximum atomic E-state index is 11.6. The third-order valence-corrected chi connectivity index (χ3v) is 4.41. The minimum atomic E-state index is -0.917. The van der Waals surface area contributed by atoms with Gasteiger partial charge in [0.25, 0.3) is 0 Å². The van der Waals surface area contributed by atoms with Gasteiger partial charge in [0.2, 0.25) is 5.96 Å². The Kier molecular flexibility index (Phi) is 6.89. The van der Waals surface area contributed by atoms with Crippen molar-refractivity contribution in [1.82, 2.24) is 20.3 Å². The molecule has 1 aromatic heterocycles. The Morgan fingerprint density at radius 1 is 1.25 bits per heavy atom. The van der Waals surface area contributed by atoms with E-state index in [0.29, 0.717) is 24.6 Å². The minimum Gasteiger partial charge on any atom is -0.432 e. The van der Waals surface area contributed by atoms with Crippen molar-refractivity contribution < 1.29 is 29.5 Å². The lowest BCUT2D eigenvalue weighted by molar-refractivity contribution is -0.493. The second-order valence-corrected chi connectivity index (χ2v) is 6.20.